The van der Waals surface area contributed by atoms with Crippen LogP contribution in [0, 0.1) is 17.8 Å². The average molecular weight is 756 g/mol. The third kappa shape index (κ3) is 10.8. The van der Waals surface area contributed by atoms with Crippen LogP contribution in [0.5, 0.6) is 28.7 Å². The van der Waals surface area contributed by atoms with Crippen LogP contribution in [-0.2, 0) is 14.3 Å². The number of nitrogens with zero attached hydrogens (tertiary/aromatic N) is 2. The number of phenolic OH excluding ortho intramolecular Hbond substituents is 2. The van der Waals surface area contributed by atoms with Crippen LogP contribution in [0.2, 0.25) is 0 Å². The quantitative estimate of drug-likeness (QED) is 0.125. The lowest BCUT2D eigenvalue weighted by Gasteiger charge is -2.23. The molecule has 0 amide bonds. The number of esters is 1. The Bertz CT molecular complexity index is 2150. The highest BCUT2D eigenvalue weighted by Crippen LogP contribution is 2.38. The second kappa shape index (κ2) is 19.0. The van der Waals surface area contributed by atoms with Gasteiger partial charge in [-0.1, -0.05) is 49.5 Å². The number of aliphatic imine (C=N–C) groups is 1. The summed E-state index contributed by atoms with van der Waals surface area (Å²) in [5, 5.41) is 23.7. The number of hydrogen-bond donors (Lipinski definition) is 3. The Labute approximate surface area is 328 Å². The molecule has 6 rings (SSSR count). The van der Waals surface area contributed by atoms with Crippen LogP contribution in [-0.4, -0.2) is 59.5 Å². The summed E-state index contributed by atoms with van der Waals surface area (Å²) in [5.41, 5.74) is 5.29. The summed E-state index contributed by atoms with van der Waals surface area (Å²) in [5.74, 6) is 8.10. The van der Waals surface area contributed by atoms with Crippen LogP contribution >= 0.6 is 0 Å². The minimum absolute atomic E-state index is 0.0487. The molecule has 10 heteroatoms. The SMILES string of the molecule is CCC1CCC(OC(C)=O)CC(=O)CC(c2ccc(Oc3cccc(O)c3)c(OC)c2)C#CCNc2cc(ccn2)C(c2cccc(O)c2)CC2=C(C=NC2)C1. The second-order valence-corrected chi connectivity index (χ2v) is 14.4. The van der Waals surface area contributed by atoms with Crippen LogP contribution in [0.4, 0.5) is 5.82 Å². The largest absolute Gasteiger partial charge is 0.508 e. The summed E-state index contributed by atoms with van der Waals surface area (Å²) >= 11 is 0. The molecule has 290 valence electrons. The molecule has 56 heavy (non-hydrogen) atoms. The normalized spacial score (nSPS) is 20.5. The number of ketones is 1. The van der Waals surface area contributed by atoms with E-state index < -0.39 is 18.0 Å². The third-order valence-electron chi connectivity index (χ3n) is 10.4. The Balaban J connectivity index is 1.34. The zero-order valence-corrected chi connectivity index (χ0v) is 32.2. The fourth-order valence-electron chi connectivity index (χ4n) is 7.43. The number of fused-ring (bicyclic) bond motifs is 2. The molecule has 2 aliphatic heterocycles. The maximum atomic E-state index is 13.8. The van der Waals surface area contributed by atoms with Crippen molar-refractivity contribution in [2.24, 2.45) is 10.9 Å². The number of methoxy groups -OCH3 is 1. The average Bonchev–Trinajstić information content (AvgIpc) is 3.62. The summed E-state index contributed by atoms with van der Waals surface area (Å²) in [6.07, 6.45) is 7.23. The van der Waals surface area contributed by atoms with Gasteiger partial charge in [-0.25, -0.2) is 4.98 Å². The number of anilines is 1. The van der Waals surface area contributed by atoms with Crippen LogP contribution in [0.3, 0.4) is 0 Å². The molecule has 4 aromatic rings. The molecule has 0 fully saturated rings. The number of phenols is 2. The summed E-state index contributed by atoms with van der Waals surface area (Å²) in [6, 6.07) is 23.4. The number of aromatic hydroxyl groups is 2. The van der Waals surface area contributed by atoms with Gasteiger partial charge in [0, 0.05) is 44.2 Å². The number of aromatic nitrogens is 1. The molecule has 0 saturated carbocycles. The van der Waals surface area contributed by atoms with Gasteiger partial charge in [0.2, 0.25) is 0 Å². The third-order valence-corrected chi connectivity index (χ3v) is 10.4. The number of benzene rings is 3. The molecule has 2 bridgehead atoms. The van der Waals surface area contributed by atoms with Gasteiger partial charge in [-0.05, 0) is 108 Å². The monoisotopic (exact) mass is 755 g/mol. The number of Topliss-reactive ketones (excluding diaryl/α,β-unsaturated/α-hetero) is 1. The van der Waals surface area contributed by atoms with E-state index >= 15 is 0 Å². The van der Waals surface area contributed by atoms with E-state index in [1.54, 1.807) is 43.6 Å². The highest BCUT2D eigenvalue weighted by molar-refractivity contribution is 5.83. The Morgan fingerprint density at radius 3 is 2.46 bits per heavy atom. The molecule has 0 spiro atoms. The van der Waals surface area contributed by atoms with Crippen molar-refractivity contribution in [2.45, 2.75) is 76.7 Å². The number of nitrogens with one attached hydrogen (secondary N) is 1. The van der Waals surface area contributed by atoms with Gasteiger partial charge in [0.15, 0.2) is 11.5 Å². The van der Waals surface area contributed by atoms with Gasteiger partial charge < -0.3 is 29.7 Å². The predicted octanol–water partition coefficient (Wildman–Crippen LogP) is 8.89. The topological polar surface area (TPSA) is 140 Å². The number of allylic oxidation sites excluding steroid dienone is 1. The highest BCUT2D eigenvalue weighted by atomic mass is 16.5. The van der Waals surface area contributed by atoms with Gasteiger partial charge >= 0.3 is 5.97 Å². The molecule has 10 nitrogen and oxygen atoms in total. The first-order valence-corrected chi connectivity index (χ1v) is 19.2. The van der Waals surface area contributed by atoms with E-state index in [1.165, 1.54) is 24.1 Å². The molecule has 0 radical (unpaired) electrons. The molecule has 0 saturated heterocycles. The molecule has 2 aliphatic rings. The minimum atomic E-state index is -0.556. The van der Waals surface area contributed by atoms with Gasteiger partial charge in [-0.2, -0.15) is 0 Å². The van der Waals surface area contributed by atoms with E-state index in [2.05, 4.69) is 34.1 Å². The van der Waals surface area contributed by atoms with E-state index in [9.17, 15) is 19.8 Å². The number of pyridine rings is 1. The first-order valence-electron chi connectivity index (χ1n) is 19.2. The summed E-state index contributed by atoms with van der Waals surface area (Å²) < 4.78 is 17.5. The van der Waals surface area contributed by atoms with E-state index in [0.717, 1.165) is 42.4 Å². The number of hydrogen-bond acceptors (Lipinski definition) is 10. The Kier molecular flexibility index (Phi) is 13.4. The van der Waals surface area contributed by atoms with Crippen molar-refractivity contribution in [3.8, 4) is 40.6 Å². The van der Waals surface area contributed by atoms with Crippen molar-refractivity contribution >= 4 is 23.8 Å². The van der Waals surface area contributed by atoms with Crippen molar-refractivity contribution in [1.82, 2.24) is 4.98 Å². The number of ether oxygens (including phenoxy) is 3. The molecule has 3 aromatic carbocycles. The van der Waals surface area contributed by atoms with Crippen molar-refractivity contribution < 1.29 is 34.0 Å². The van der Waals surface area contributed by atoms with Crippen LogP contribution in [0.15, 0.2) is 101 Å². The predicted molar refractivity (Wildman–Crippen MR) is 217 cm³/mol. The number of carbonyl (C=O) groups excluding carboxylic acids is 2. The maximum absolute atomic E-state index is 13.8. The molecule has 4 unspecified atom stereocenters. The minimum Gasteiger partial charge on any atom is -0.508 e. The molecular weight excluding hydrogens is 707 g/mol. The molecule has 0 aliphatic carbocycles. The zero-order chi connectivity index (χ0) is 39.4. The van der Waals surface area contributed by atoms with E-state index in [1.807, 2.05) is 48.7 Å². The van der Waals surface area contributed by atoms with Gasteiger partial charge in [-0.3, -0.25) is 14.6 Å². The van der Waals surface area contributed by atoms with Crippen molar-refractivity contribution in [1.29, 1.82) is 0 Å². The highest BCUT2D eigenvalue weighted by Gasteiger charge is 2.25. The standard InChI is InChI=1S/C46H49N3O7/c1-4-31-13-15-42(55-30(2)50)27-40(53)21-32(33-14-16-44(45(24-33)54-3)56-41-12-6-11-39(52)26-41)9-7-18-48-46-25-35(17-19-49-46)43(34-8-5-10-38(51)22-34)23-37-29-47-28-36(37)20-31/h5-6,8,10-12,14,16-17,19,22,24-26,28,31-32,42-43,51-52H,4,13,15,18,20-21,23,27,29H2,1-3H3,(H,48,49). The molecule has 3 heterocycles. The van der Waals surface area contributed by atoms with Gasteiger partial charge in [0.25, 0.3) is 0 Å². The Morgan fingerprint density at radius 2 is 1.70 bits per heavy atom. The second-order valence-electron chi connectivity index (χ2n) is 14.4. The van der Waals surface area contributed by atoms with E-state index in [-0.39, 0.29) is 42.6 Å². The van der Waals surface area contributed by atoms with E-state index in [4.69, 9.17) is 14.2 Å². The van der Waals surface area contributed by atoms with Crippen molar-refractivity contribution in [2.75, 3.05) is 25.5 Å². The molecule has 1 aromatic heterocycles. The van der Waals surface area contributed by atoms with Crippen LogP contribution < -0.4 is 14.8 Å². The zero-order valence-electron chi connectivity index (χ0n) is 32.2. The fraction of sp³-hybridized carbons (Fsp3) is 0.348. The Hall–Kier alpha value is -6.08. The first kappa shape index (κ1) is 39.6. The lowest BCUT2D eigenvalue weighted by Crippen LogP contribution is -2.22. The summed E-state index contributed by atoms with van der Waals surface area (Å²) in [7, 11) is 1.54. The maximum Gasteiger partial charge on any atom is 0.302 e. The van der Waals surface area contributed by atoms with Gasteiger partial charge in [0.1, 0.15) is 35.0 Å². The summed E-state index contributed by atoms with van der Waals surface area (Å²) in [4.78, 5) is 35.3. The van der Waals surface area contributed by atoms with Crippen molar-refractivity contribution in [3.63, 3.8) is 0 Å². The first-order chi connectivity index (χ1) is 27.2. The molecule has 3 N–H and O–H groups in total. The van der Waals surface area contributed by atoms with E-state index in [0.29, 0.717) is 41.9 Å². The van der Waals surface area contributed by atoms with Crippen LogP contribution in [0.25, 0.3) is 0 Å². The molecule has 4 atom stereocenters. The van der Waals surface area contributed by atoms with Gasteiger partial charge in [0.05, 0.1) is 26.1 Å². The number of carbonyl (C=O) groups is 2. The van der Waals surface area contributed by atoms with Gasteiger partial charge in [-0.15, -0.1) is 0 Å². The van der Waals surface area contributed by atoms with Crippen LogP contribution in [0.1, 0.15) is 87.3 Å². The smallest absolute Gasteiger partial charge is 0.302 e. The fourth-order valence-corrected chi connectivity index (χ4v) is 7.43. The summed E-state index contributed by atoms with van der Waals surface area (Å²) in [6.45, 7) is 4.44. The van der Waals surface area contributed by atoms with Crippen molar-refractivity contribution in [3.05, 3.63) is 113 Å². The lowest BCUT2D eigenvalue weighted by molar-refractivity contribution is -0.148. The Morgan fingerprint density at radius 1 is 0.893 bits per heavy atom. The number of rotatable bonds is 7. The lowest BCUT2D eigenvalue weighted by atomic mass is 9.83. The molecular formula is C46H49N3O7.